The first-order valence-corrected chi connectivity index (χ1v) is 11.7. The number of β-lactam (4-membered cyclic amide) rings is 1. The first-order chi connectivity index (χ1) is 16.6. The van der Waals surface area contributed by atoms with Crippen molar-refractivity contribution in [2.24, 2.45) is 17.6 Å². The molecule has 0 radical (unpaired) electrons. The van der Waals surface area contributed by atoms with E-state index in [1.165, 1.54) is 40.3 Å². The third-order valence-corrected chi connectivity index (χ3v) is 7.67. The molecule has 1 fully saturated rings. The lowest BCUT2D eigenvalue weighted by atomic mass is 9.77. The highest BCUT2D eigenvalue weighted by Gasteiger charge is 2.60. The molecule has 4 N–H and O–H groups in total. The summed E-state index contributed by atoms with van der Waals surface area (Å²) >= 11 is 1.21. The van der Waals surface area contributed by atoms with Crippen LogP contribution in [-0.2, 0) is 20.9 Å². The maximum atomic E-state index is 13.2. The minimum Gasteiger partial charge on any atom is -0.477 e. The minimum absolute atomic E-state index is 0.0727. The van der Waals surface area contributed by atoms with E-state index in [2.05, 4.69) is 4.98 Å². The number of hydrogen-bond donors (Lipinski definition) is 3. The average Bonchev–Trinajstić information content (AvgIpc) is 3.42. The highest BCUT2D eigenvalue weighted by molar-refractivity contribution is 7.18. The van der Waals surface area contributed by atoms with Crippen molar-refractivity contribution in [1.82, 2.24) is 14.3 Å². The fraction of sp³-hybridized carbons (Fsp3) is 0.304. The topological polar surface area (TPSA) is 159 Å². The van der Waals surface area contributed by atoms with Crippen molar-refractivity contribution in [3.63, 3.8) is 0 Å². The number of fused-ring (bicyclic) bond motifs is 2. The van der Waals surface area contributed by atoms with Gasteiger partial charge >= 0.3 is 5.97 Å². The molecule has 3 aromatic heterocycles. The SMILES string of the molecule is C[C@@H](O)C1C(=O)N2C(C(=O)O)=C(c3cn4cnc(C(=O)c5ccc[n+](CC(N)=O)c5)c4s3)[C@H](C)C12. The Balaban J connectivity index is 1.54. The Labute approximate surface area is 202 Å². The lowest BCUT2D eigenvalue weighted by Crippen LogP contribution is -2.63. The number of imidazole rings is 1. The van der Waals surface area contributed by atoms with E-state index in [9.17, 15) is 29.4 Å². The van der Waals surface area contributed by atoms with Gasteiger partial charge in [-0.15, -0.1) is 11.3 Å². The normalized spacial score (nSPS) is 22.3. The second kappa shape index (κ2) is 8.10. The van der Waals surface area contributed by atoms with Gasteiger partial charge in [0.25, 0.3) is 5.91 Å². The molecule has 12 heteroatoms. The Bertz CT molecular complexity index is 1450. The summed E-state index contributed by atoms with van der Waals surface area (Å²) in [6.45, 7) is 3.29. The van der Waals surface area contributed by atoms with Gasteiger partial charge in [-0.3, -0.25) is 18.8 Å². The van der Waals surface area contributed by atoms with Gasteiger partial charge in [0.05, 0.1) is 28.5 Å². The molecule has 2 aliphatic heterocycles. The summed E-state index contributed by atoms with van der Waals surface area (Å²) in [5.41, 5.74) is 6.14. The number of amides is 2. The van der Waals surface area contributed by atoms with Gasteiger partial charge in [0.2, 0.25) is 18.2 Å². The number of rotatable bonds is 7. The quantitative estimate of drug-likeness (QED) is 0.237. The van der Waals surface area contributed by atoms with Crippen molar-refractivity contribution in [3.8, 4) is 0 Å². The van der Waals surface area contributed by atoms with Crippen LogP contribution in [0.5, 0.6) is 0 Å². The second-order valence-corrected chi connectivity index (χ2v) is 9.81. The maximum absolute atomic E-state index is 13.2. The van der Waals surface area contributed by atoms with E-state index >= 15 is 0 Å². The number of carboxylic acid groups (broad SMARTS) is 1. The highest BCUT2D eigenvalue weighted by atomic mass is 32.1. The van der Waals surface area contributed by atoms with Crippen molar-refractivity contribution in [2.45, 2.75) is 32.5 Å². The highest BCUT2D eigenvalue weighted by Crippen LogP contribution is 2.51. The smallest absolute Gasteiger partial charge is 0.352 e. The van der Waals surface area contributed by atoms with Crippen LogP contribution in [0.1, 0.15) is 34.8 Å². The zero-order chi connectivity index (χ0) is 25.2. The van der Waals surface area contributed by atoms with Crippen molar-refractivity contribution in [2.75, 3.05) is 0 Å². The van der Waals surface area contributed by atoms with Gasteiger partial charge in [0.15, 0.2) is 12.4 Å². The fourth-order valence-corrected chi connectivity index (χ4v) is 6.26. The molecule has 180 valence electrons. The van der Waals surface area contributed by atoms with Crippen LogP contribution in [0.25, 0.3) is 10.4 Å². The Morgan fingerprint density at radius 3 is 2.74 bits per heavy atom. The number of carbonyl (C=O) groups is 4. The molecule has 1 saturated heterocycles. The van der Waals surface area contributed by atoms with E-state index in [0.717, 1.165) is 0 Å². The molecule has 0 aliphatic carbocycles. The van der Waals surface area contributed by atoms with E-state index in [-0.39, 0.29) is 29.6 Å². The van der Waals surface area contributed by atoms with E-state index in [1.54, 1.807) is 28.9 Å². The average molecular weight is 497 g/mol. The number of nitrogens with zero attached hydrogens (tertiary/aromatic N) is 4. The standard InChI is InChI=1S/C23H21N5O6S/c1-10-15(19(23(33)34)28-18(10)16(11(2)29)21(28)32)13-7-27-9-25-17(22(27)35-13)20(31)12-4-3-5-26(6-12)8-14(24)30/h3-7,9-11,16,18,29H,8H2,1-2H3,(H2-,24,30,33,34)/p+1/t10-,11+,16?,18?/m0/s1. The van der Waals surface area contributed by atoms with Crippen molar-refractivity contribution < 1.29 is 34.0 Å². The first-order valence-electron chi connectivity index (χ1n) is 10.9. The van der Waals surface area contributed by atoms with E-state index in [1.807, 2.05) is 6.92 Å². The molecule has 0 saturated carbocycles. The molecule has 11 nitrogen and oxygen atoms in total. The molecular formula is C23H22N5O6S+. The van der Waals surface area contributed by atoms with E-state index < -0.39 is 35.8 Å². The number of aromatic nitrogens is 3. The summed E-state index contributed by atoms with van der Waals surface area (Å²) < 4.78 is 3.16. The van der Waals surface area contributed by atoms with Gasteiger partial charge in [-0.25, -0.2) is 9.78 Å². The summed E-state index contributed by atoms with van der Waals surface area (Å²) in [6, 6.07) is 2.80. The number of aliphatic carboxylic acids is 1. The van der Waals surface area contributed by atoms with Crippen LogP contribution in [-0.4, -0.2) is 60.2 Å². The molecular weight excluding hydrogens is 474 g/mol. The fourth-order valence-electron chi connectivity index (χ4n) is 5.04. The molecule has 5 heterocycles. The number of pyridine rings is 1. The van der Waals surface area contributed by atoms with Gasteiger partial charge in [-0.2, -0.15) is 4.57 Å². The Hall–Kier alpha value is -3.90. The summed E-state index contributed by atoms with van der Waals surface area (Å²) in [5, 5.41) is 20.0. The molecule has 5 rings (SSSR count). The van der Waals surface area contributed by atoms with Crippen LogP contribution >= 0.6 is 11.3 Å². The Kier molecular flexibility index (Phi) is 5.29. The second-order valence-electron chi connectivity index (χ2n) is 8.78. The number of aliphatic hydroxyl groups excluding tert-OH is 1. The first kappa shape index (κ1) is 22.9. The summed E-state index contributed by atoms with van der Waals surface area (Å²) in [7, 11) is 0. The molecule has 2 amide bonds. The number of thiazole rings is 1. The van der Waals surface area contributed by atoms with Gasteiger partial charge in [-0.1, -0.05) is 6.92 Å². The largest absolute Gasteiger partial charge is 0.477 e. The van der Waals surface area contributed by atoms with Crippen molar-refractivity contribution >= 4 is 45.3 Å². The van der Waals surface area contributed by atoms with Crippen LogP contribution in [0, 0.1) is 11.8 Å². The molecule has 2 unspecified atom stereocenters. The third kappa shape index (κ3) is 3.44. The maximum Gasteiger partial charge on any atom is 0.352 e. The number of ketones is 1. The predicted molar refractivity (Wildman–Crippen MR) is 122 cm³/mol. The predicted octanol–water partition coefficient (Wildman–Crippen LogP) is 0.0528. The van der Waals surface area contributed by atoms with Gasteiger partial charge in [0, 0.05) is 23.8 Å². The van der Waals surface area contributed by atoms with Gasteiger partial charge < -0.3 is 20.8 Å². The zero-order valence-corrected chi connectivity index (χ0v) is 19.6. The van der Waals surface area contributed by atoms with Gasteiger partial charge in [-0.05, 0) is 13.0 Å². The number of aliphatic hydroxyl groups is 1. The number of primary amides is 1. The van der Waals surface area contributed by atoms with E-state index in [4.69, 9.17) is 5.73 Å². The minimum atomic E-state index is -1.22. The Morgan fingerprint density at radius 1 is 1.34 bits per heavy atom. The monoisotopic (exact) mass is 496 g/mol. The molecule has 4 atom stereocenters. The molecule has 0 bridgehead atoms. The number of carbonyl (C=O) groups excluding carboxylic acids is 3. The molecule has 0 spiro atoms. The lowest BCUT2D eigenvalue weighted by Gasteiger charge is -2.46. The molecule has 35 heavy (non-hydrogen) atoms. The number of carboxylic acids is 1. The molecule has 3 aromatic rings. The summed E-state index contributed by atoms with van der Waals surface area (Å²) in [4.78, 5) is 55.8. The van der Waals surface area contributed by atoms with Crippen LogP contribution in [0.2, 0.25) is 0 Å². The van der Waals surface area contributed by atoms with Crippen molar-refractivity contribution in [1.29, 1.82) is 0 Å². The van der Waals surface area contributed by atoms with E-state index in [0.29, 0.717) is 20.8 Å². The zero-order valence-electron chi connectivity index (χ0n) is 18.8. The third-order valence-electron chi connectivity index (χ3n) is 6.53. The summed E-state index contributed by atoms with van der Waals surface area (Å²) in [6.07, 6.45) is 5.42. The molecule has 2 aliphatic rings. The van der Waals surface area contributed by atoms with Crippen LogP contribution in [0.3, 0.4) is 0 Å². The van der Waals surface area contributed by atoms with Crippen molar-refractivity contribution in [3.05, 3.63) is 58.9 Å². The number of nitrogens with two attached hydrogens (primary N) is 1. The Morgan fingerprint density at radius 2 is 2.09 bits per heavy atom. The van der Waals surface area contributed by atoms with Gasteiger partial charge in [0.1, 0.15) is 22.5 Å². The summed E-state index contributed by atoms with van der Waals surface area (Å²) in [5.74, 6) is -3.51. The number of hydrogen-bond acceptors (Lipinski definition) is 7. The van der Waals surface area contributed by atoms with Crippen LogP contribution < -0.4 is 10.3 Å². The molecule has 0 aromatic carbocycles. The van der Waals surface area contributed by atoms with Crippen LogP contribution in [0.15, 0.2) is 42.7 Å². The lowest BCUT2D eigenvalue weighted by molar-refractivity contribution is -0.684. The van der Waals surface area contributed by atoms with Crippen LogP contribution in [0.4, 0.5) is 0 Å².